The number of ether oxygens (including phenoxy) is 1. The van der Waals surface area contributed by atoms with E-state index in [0.29, 0.717) is 6.61 Å². The van der Waals surface area contributed by atoms with Crippen molar-refractivity contribution < 1.29 is 26.9 Å². The van der Waals surface area contributed by atoms with Gasteiger partial charge in [0.2, 0.25) is 0 Å². The van der Waals surface area contributed by atoms with Crippen molar-refractivity contribution in [3.05, 3.63) is 0 Å². The molecule has 6 nitrogen and oxygen atoms in total. The molecule has 32 heavy (non-hydrogen) atoms. The van der Waals surface area contributed by atoms with Crippen LogP contribution in [0, 0.1) is 0 Å². The Labute approximate surface area is 203 Å². The fourth-order valence-corrected chi connectivity index (χ4v) is 8.26. The number of hydrogen-bond donors (Lipinski definition) is 0. The van der Waals surface area contributed by atoms with Crippen LogP contribution in [0.1, 0.15) is 0 Å². The molecule has 1 saturated heterocycles. The van der Waals surface area contributed by atoms with E-state index in [0.717, 1.165) is 0 Å². The summed E-state index contributed by atoms with van der Waals surface area (Å²) in [6.45, 7) is 33.6. The van der Waals surface area contributed by atoms with Crippen LogP contribution in [-0.2, 0) is 26.9 Å². The molecule has 192 valence electrons. The summed E-state index contributed by atoms with van der Waals surface area (Å²) in [6, 6.07) is 0. The Morgan fingerprint density at radius 3 is 1.38 bits per heavy atom. The van der Waals surface area contributed by atoms with E-state index in [4.69, 9.17) is 26.9 Å². The van der Waals surface area contributed by atoms with Gasteiger partial charge in [-0.3, -0.25) is 0 Å². The van der Waals surface area contributed by atoms with Gasteiger partial charge in [0.1, 0.15) is 18.3 Å². The largest absolute Gasteiger partial charge is 0.415 e. The van der Waals surface area contributed by atoms with Crippen molar-refractivity contribution >= 4 is 41.6 Å². The lowest BCUT2D eigenvalue weighted by atomic mass is 10.1. The minimum atomic E-state index is -1.90. The van der Waals surface area contributed by atoms with E-state index in [9.17, 15) is 0 Å². The number of hydrogen-bond acceptors (Lipinski definition) is 6. The summed E-state index contributed by atoms with van der Waals surface area (Å²) >= 11 is 0. The maximum atomic E-state index is 6.78. The molecule has 0 aromatic rings. The van der Waals surface area contributed by atoms with Crippen LogP contribution in [0.5, 0.6) is 0 Å². The van der Waals surface area contributed by atoms with Gasteiger partial charge in [-0.15, -0.1) is 0 Å². The average Bonchev–Trinajstić information content (AvgIpc) is 2.74. The SMILES string of the molecule is C[Si](C)(C)OC[C@H](O[Si](C)(C)C)[C@H]1O[C@@H](O[Si](C)(C)C)[C@@H](O[Si](C)(C)C)[C@H]1O[Si](C)(C)C. The minimum Gasteiger partial charge on any atom is -0.415 e. The van der Waals surface area contributed by atoms with Gasteiger partial charge in [0.15, 0.2) is 47.9 Å². The first-order valence-electron chi connectivity index (χ1n) is 12.0. The Morgan fingerprint density at radius 2 is 1.00 bits per heavy atom. The maximum Gasteiger partial charge on any atom is 0.187 e. The van der Waals surface area contributed by atoms with Gasteiger partial charge in [-0.25, -0.2) is 0 Å². The molecule has 11 heteroatoms. The van der Waals surface area contributed by atoms with Crippen LogP contribution in [0.25, 0.3) is 0 Å². The second-order valence-electron chi connectivity index (χ2n) is 13.8. The Morgan fingerprint density at radius 1 is 0.562 bits per heavy atom. The summed E-state index contributed by atoms with van der Waals surface area (Å²) in [6.07, 6.45) is -1.43. The first kappa shape index (κ1) is 30.9. The molecule has 1 heterocycles. The van der Waals surface area contributed by atoms with E-state index in [2.05, 4.69) is 98.2 Å². The van der Waals surface area contributed by atoms with E-state index in [1.165, 1.54) is 0 Å². The molecule has 0 spiro atoms. The van der Waals surface area contributed by atoms with Crippen molar-refractivity contribution in [1.29, 1.82) is 0 Å². The highest BCUT2D eigenvalue weighted by Crippen LogP contribution is 2.36. The number of rotatable bonds is 12. The van der Waals surface area contributed by atoms with Gasteiger partial charge in [0.05, 0.1) is 12.7 Å². The lowest BCUT2D eigenvalue weighted by molar-refractivity contribution is -0.134. The topological polar surface area (TPSA) is 55.4 Å². The minimum absolute atomic E-state index is 0.210. The Hall–Kier alpha value is 0.844. The first-order chi connectivity index (χ1) is 14.0. The predicted molar refractivity (Wildman–Crippen MR) is 147 cm³/mol. The molecule has 0 amide bonds. The van der Waals surface area contributed by atoms with E-state index in [-0.39, 0.29) is 24.4 Å². The lowest BCUT2D eigenvalue weighted by Crippen LogP contribution is -2.53. The molecule has 0 aromatic carbocycles. The zero-order chi connectivity index (χ0) is 25.3. The molecule has 1 aliphatic heterocycles. The normalized spacial score (nSPS) is 27.1. The molecule has 0 saturated carbocycles. The Bertz CT molecular complexity index is 586. The lowest BCUT2D eigenvalue weighted by Gasteiger charge is -2.38. The molecule has 1 aliphatic rings. The molecular weight excluding hydrogens is 489 g/mol. The quantitative estimate of drug-likeness (QED) is 0.280. The highest BCUT2D eigenvalue weighted by Gasteiger charge is 2.54. The van der Waals surface area contributed by atoms with Crippen molar-refractivity contribution in [2.45, 2.75) is 129 Å². The average molecular weight is 541 g/mol. The third kappa shape index (κ3) is 12.5. The van der Waals surface area contributed by atoms with Crippen LogP contribution in [0.15, 0.2) is 0 Å². The third-order valence-electron chi connectivity index (χ3n) is 4.21. The van der Waals surface area contributed by atoms with Crippen molar-refractivity contribution in [3.8, 4) is 0 Å². The van der Waals surface area contributed by atoms with Gasteiger partial charge in [0.25, 0.3) is 0 Å². The van der Waals surface area contributed by atoms with Gasteiger partial charge in [-0.05, 0) is 98.2 Å². The third-order valence-corrected chi connectivity index (χ3v) is 9.15. The molecule has 0 bridgehead atoms. The summed E-state index contributed by atoms with van der Waals surface area (Å²) < 4.78 is 39.7. The fraction of sp³-hybridized carbons (Fsp3) is 1.00. The summed E-state index contributed by atoms with van der Waals surface area (Å²) in [5, 5.41) is 0. The summed E-state index contributed by atoms with van der Waals surface area (Å²) in [4.78, 5) is 0. The molecule has 0 N–H and O–H groups in total. The molecule has 0 unspecified atom stereocenters. The predicted octanol–water partition coefficient (Wildman–Crippen LogP) is 6.07. The highest BCUT2D eigenvalue weighted by molar-refractivity contribution is 6.71. The molecule has 1 rings (SSSR count). The van der Waals surface area contributed by atoms with Crippen molar-refractivity contribution in [2.75, 3.05) is 6.61 Å². The highest BCUT2D eigenvalue weighted by atomic mass is 28.4. The molecule has 0 radical (unpaired) electrons. The maximum absolute atomic E-state index is 6.78. The second-order valence-corrected chi connectivity index (χ2v) is 36.1. The molecule has 0 aliphatic carbocycles. The van der Waals surface area contributed by atoms with E-state index < -0.39 is 47.9 Å². The van der Waals surface area contributed by atoms with E-state index in [1.807, 2.05) is 0 Å². The van der Waals surface area contributed by atoms with Crippen LogP contribution < -0.4 is 0 Å². The summed E-state index contributed by atoms with van der Waals surface area (Å²) in [7, 11) is -9.25. The van der Waals surface area contributed by atoms with Gasteiger partial charge < -0.3 is 26.9 Å². The van der Waals surface area contributed by atoms with Gasteiger partial charge in [-0.1, -0.05) is 0 Å². The zero-order valence-corrected chi connectivity index (χ0v) is 28.5. The molecule has 1 fully saturated rings. The summed E-state index contributed by atoms with van der Waals surface area (Å²) in [5.41, 5.74) is 0. The smallest absolute Gasteiger partial charge is 0.187 e. The van der Waals surface area contributed by atoms with Gasteiger partial charge >= 0.3 is 0 Å². The van der Waals surface area contributed by atoms with E-state index in [1.54, 1.807) is 0 Å². The summed E-state index contributed by atoms with van der Waals surface area (Å²) in [5.74, 6) is 0. The van der Waals surface area contributed by atoms with Crippen LogP contribution >= 0.6 is 0 Å². The van der Waals surface area contributed by atoms with Gasteiger partial charge in [0, 0.05) is 0 Å². The van der Waals surface area contributed by atoms with Crippen LogP contribution in [-0.4, -0.2) is 78.9 Å². The monoisotopic (exact) mass is 540 g/mol. The fourth-order valence-electron chi connectivity index (χ4n) is 3.45. The zero-order valence-electron chi connectivity index (χ0n) is 23.5. The first-order valence-corrected chi connectivity index (χ1v) is 29.0. The van der Waals surface area contributed by atoms with Crippen LogP contribution in [0.2, 0.25) is 98.2 Å². The van der Waals surface area contributed by atoms with Crippen LogP contribution in [0.3, 0.4) is 0 Å². The van der Waals surface area contributed by atoms with Crippen LogP contribution in [0.4, 0.5) is 0 Å². The Kier molecular flexibility index (Phi) is 10.5. The second kappa shape index (κ2) is 10.8. The Balaban J connectivity index is 3.41. The van der Waals surface area contributed by atoms with Crippen molar-refractivity contribution in [2.24, 2.45) is 0 Å². The molecule has 5 atom stereocenters. The molecular formula is C21H52O6Si5. The van der Waals surface area contributed by atoms with Crippen molar-refractivity contribution in [3.63, 3.8) is 0 Å². The van der Waals surface area contributed by atoms with E-state index >= 15 is 0 Å². The molecule has 0 aromatic heterocycles. The van der Waals surface area contributed by atoms with Crippen molar-refractivity contribution in [1.82, 2.24) is 0 Å². The standard InChI is InChI=1S/C21H52O6Si5/c1-28(2,3)22-16-17(24-29(4,5)6)18-19(25-30(7,8)9)20(26-31(10,11)12)21(23-18)27-32(13,14)15/h17-21H,16H2,1-15H3/t17-,18+,19-,20-,21-/m0/s1. The van der Waals surface area contributed by atoms with Gasteiger partial charge in [-0.2, -0.15) is 0 Å².